The van der Waals surface area contributed by atoms with Gasteiger partial charge in [-0.3, -0.25) is 4.79 Å². The van der Waals surface area contributed by atoms with Gasteiger partial charge in [-0.25, -0.2) is 0 Å². The van der Waals surface area contributed by atoms with Gasteiger partial charge >= 0.3 is 0 Å². The molecule has 3 rings (SSSR count). The Morgan fingerprint density at radius 2 is 1.76 bits per heavy atom. The second-order valence-corrected chi connectivity index (χ2v) is 6.01. The molecule has 0 spiro atoms. The third-order valence-electron chi connectivity index (χ3n) is 4.33. The fourth-order valence-electron chi connectivity index (χ4n) is 2.82. The number of carbonyl (C=O) groups is 1. The molecule has 5 nitrogen and oxygen atoms in total. The first-order valence-electron chi connectivity index (χ1n) is 8.60. The number of carbonyl (C=O) groups excluding carboxylic acids is 1. The molecule has 0 unspecified atom stereocenters. The topological polar surface area (TPSA) is 50.8 Å². The molecule has 0 radical (unpaired) electrons. The van der Waals surface area contributed by atoms with Crippen molar-refractivity contribution in [1.29, 1.82) is 0 Å². The number of hydrogen-bond donors (Lipinski definition) is 1. The van der Waals surface area contributed by atoms with Crippen LogP contribution in [0.3, 0.4) is 0 Å². The molecule has 1 heterocycles. The van der Waals surface area contributed by atoms with E-state index in [2.05, 4.69) is 17.4 Å². The minimum Gasteiger partial charge on any atom is -0.497 e. The lowest BCUT2D eigenvalue weighted by Crippen LogP contribution is -2.40. The van der Waals surface area contributed by atoms with E-state index in [1.54, 1.807) is 7.11 Å². The number of methoxy groups -OCH3 is 1. The zero-order valence-corrected chi connectivity index (χ0v) is 14.5. The third kappa shape index (κ3) is 4.73. The van der Waals surface area contributed by atoms with Gasteiger partial charge in [0.1, 0.15) is 5.75 Å². The van der Waals surface area contributed by atoms with E-state index < -0.39 is 0 Å². The van der Waals surface area contributed by atoms with E-state index in [-0.39, 0.29) is 5.91 Å². The Kier molecular flexibility index (Phi) is 5.90. The van der Waals surface area contributed by atoms with Crippen molar-refractivity contribution in [3.05, 3.63) is 59.7 Å². The molecule has 0 bridgehead atoms. The molecule has 132 valence electrons. The molecule has 5 heteroatoms. The van der Waals surface area contributed by atoms with E-state index in [1.165, 1.54) is 5.56 Å². The summed E-state index contributed by atoms with van der Waals surface area (Å²) in [7, 11) is 1.67. The molecule has 2 aromatic carbocycles. The van der Waals surface area contributed by atoms with Crippen LogP contribution in [0.4, 0.5) is 5.69 Å². The van der Waals surface area contributed by atoms with Crippen LogP contribution in [0, 0.1) is 0 Å². The summed E-state index contributed by atoms with van der Waals surface area (Å²) in [6.07, 6.45) is 0.929. The highest BCUT2D eigenvalue weighted by Gasteiger charge is 2.18. The molecule has 0 saturated carbocycles. The lowest BCUT2D eigenvalue weighted by atomic mass is 10.1. The Hall–Kier alpha value is -2.53. The molecule has 2 aromatic rings. The van der Waals surface area contributed by atoms with Crippen LogP contribution in [0.15, 0.2) is 48.5 Å². The molecular weight excluding hydrogens is 316 g/mol. The molecule has 1 fully saturated rings. The monoisotopic (exact) mass is 340 g/mol. The normalized spacial score (nSPS) is 14.2. The van der Waals surface area contributed by atoms with Crippen LogP contribution in [-0.2, 0) is 11.2 Å². The second kappa shape index (κ2) is 8.53. The molecule has 25 heavy (non-hydrogen) atoms. The van der Waals surface area contributed by atoms with Crippen molar-refractivity contribution < 1.29 is 14.3 Å². The Morgan fingerprint density at radius 1 is 1.08 bits per heavy atom. The predicted molar refractivity (Wildman–Crippen MR) is 98.4 cm³/mol. The van der Waals surface area contributed by atoms with Crippen molar-refractivity contribution in [2.75, 3.05) is 45.3 Å². The molecule has 1 N–H and O–H groups in total. The Labute approximate surface area is 148 Å². The fourth-order valence-corrected chi connectivity index (χ4v) is 2.82. The third-order valence-corrected chi connectivity index (χ3v) is 4.33. The van der Waals surface area contributed by atoms with Crippen molar-refractivity contribution in [3.8, 4) is 5.75 Å². The quantitative estimate of drug-likeness (QED) is 0.878. The van der Waals surface area contributed by atoms with Gasteiger partial charge < -0.3 is 19.7 Å². The van der Waals surface area contributed by atoms with Gasteiger partial charge in [-0.15, -0.1) is 0 Å². The maximum absolute atomic E-state index is 12.4. The number of rotatable bonds is 6. The van der Waals surface area contributed by atoms with Gasteiger partial charge in [0.25, 0.3) is 5.91 Å². The van der Waals surface area contributed by atoms with Crippen LogP contribution in [0.2, 0.25) is 0 Å². The van der Waals surface area contributed by atoms with Gasteiger partial charge in [-0.2, -0.15) is 0 Å². The minimum atomic E-state index is 0.0769. The first-order valence-corrected chi connectivity index (χ1v) is 8.60. The molecule has 1 amide bonds. The van der Waals surface area contributed by atoms with Gasteiger partial charge in [-0.05, 0) is 48.4 Å². The van der Waals surface area contributed by atoms with Gasteiger partial charge in [0.15, 0.2) is 0 Å². The molecule has 1 aliphatic rings. The van der Waals surface area contributed by atoms with E-state index >= 15 is 0 Å². The van der Waals surface area contributed by atoms with Crippen LogP contribution in [0.25, 0.3) is 0 Å². The van der Waals surface area contributed by atoms with Crippen LogP contribution < -0.4 is 10.1 Å². The van der Waals surface area contributed by atoms with Crippen molar-refractivity contribution in [2.24, 2.45) is 0 Å². The van der Waals surface area contributed by atoms with E-state index in [1.807, 2.05) is 41.3 Å². The fraction of sp³-hybridized carbons (Fsp3) is 0.350. The summed E-state index contributed by atoms with van der Waals surface area (Å²) in [6.45, 7) is 3.41. The molecule has 1 aliphatic heterocycles. The summed E-state index contributed by atoms with van der Waals surface area (Å²) >= 11 is 0. The SMILES string of the molecule is COc1ccc(CCNc2ccc(C(=O)N3CCOCC3)cc2)cc1. The molecule has 0 aromatic heterocycles. The van der Waals surface area contributed by atoms with Gasteiger partial charge in [0, 0.05) is 30.9 Å². The Bertz CT molecular complexity index is 677. The number of nitrogens with one attached hydrogen (secondary N) is 1. The first kappa shape index (κ1) is 17.3. The first-order chi connectivity index (χ1) is 12.3. The number of benzene rings is 2. The minimum absolute atomic E-state index is 0.0769. The number of anilines is 1. The number of hydrogen-bond acceptors (Lipinski definition) is 4. The number of nitrogens with zero attached hydrogens (tertiary/aromatic N) is 1. The van der Waals surface area contributed by atoms with Gasteiger partial charge in [-0.1, -0.05) is 12.1 Å². The smallest absolute Gasteiger partial charge is 0.254 e. The van der Waals surface area contributed by atoms with Gasteiger partial charge in [0.2, 0.25) is 0 Å². The second-order valence-electron chi connectivity index (χ2n) is 6.01. The average molecular weight is 340 g/mol. The van der Waals surface area contributed by atoms with Crippen LogP contribution >= 0.6 is 0 Å². The van der Waals surface area contributed by atoms with Crippen molar-refractivity contribution in [2.45, 2.75) is 6.42 Å². The number of ether oxygens (including phenoxy) is 2. The van der Waals surface area contributed by atoms with E-state index in [0.29, 0.717) is 26.3 Å². The van der Waals surface area contributed by atoms with E-state index in [0.717, 1.165) is 30.0 Å². The molecule has 1 saturated heterocycles. The summed E-state index contributed by atoms with van der Waals surface area (Å²) in [5.74, 6) is 0.949. The standard InChI is InChI=1S/C20H24N2O3/c1-24-19-8-2-16(3-9-19)10-11-21-18-6-4-17(5-7-18)20(23)22-12-14-25-15-13-22/h2-9,21H,10-15H2,1H3. The lowest BCUT2D eigenvalue weighted by Gasteiger charge is -2.26. The summed E-state index contributed by atoms with van der Waals surface area (Å²) < 4.78 is 10.5. The predicted octanol–water partition coefficient (Wildman–Crippen LogP) is 2.82. The summed E-state index contributed by atoms with van der Waals surface area (Å²) in [5.41, 5.74) is 3.00. The van der Waals surface area contributed by atoms with Crippen molar-refractivity contribution >= 4 is 11.6 Å². The van der Waals surface area contributed by atoms with Crippen LogP contribution in [0.5, 0.6) is 5.75 Å². The molecular formula is C20H24N2O3. The summed E-state index contributed by atoms with van der Waals surface area (Å²) in [6, 6.07) is 15.8. The van der Waals surface area contributed by atoms with Crippen molar-refractivity contribution in [1.82, 2.24) is 4.90 Å². The summed E-state index contributed by atoms with van der Waals surface area (Å²) in [4.78, 5) is 14.2. The maximum atomic E-state index is 12.4. The average Bonchev–Trinajstić information content (AvgIpc) is 2.69. The van der Waals surface area contributed by atoms with E-state index in [9.17, 15) is 4.79 Å². The highest BCUT2D eigenvalue weighted by molar-refractivity contribution is 5.94. The van der Waals surface area contributed by atoms with Crippen LogP contribution in [0.1, 0.15) is 15.9 Å². The molecule has 0 atom stereocenters. The van der Waals surface area contributed by atoms with E-state index in [4.69, 9.17) is 9.47 Å². The highest BCUT2D eigenvalue weighted by Crippen LogP contribution is 2.14. The number of amides is 1. The Balaban J connectivity index is 1.49. The largest absolute Gasteiger partial charge is 0.497 e. The number of morpholine rings is 1. The highest BCUT2D eigenvalue weighted by atomic mass is 16.5. The Morgan fingerprint density at radius 3 is 2.40 bits per heavy atom. The zero-order chi connectivity index (χ0) is 17.5. The zero-order valence-electron chi connectivity index (χ0n) is 14.5. The lowest BCUT2D eigenvalue weighted by molar-refractivity contribution is 0.0303. The molecule has 0 aliphatic carbocycles. The summed E-state index contributed by atoms with van der Waals surface area (Å²) in [5, 5.41) is 3.39. The van der Waals surface area contributed by atoms with Gasteiger partial charge in [0.05, 0.1) is 20.3 Å². The maximum Gasteiger partial charge on any atom is 0.254 e. The van der Waals surface area contributed by atoms with Crippen molar-refractivity contribution in [3.63, 3.8) is 0 Å². The van der Waals surface area contributed by atoms with Crippen LogP contribution in [-0.4, -0.2) is 50.8 Å².